The third kappa shape index (κ3) is 3.60. The average Bonchev–Trinajstić information content (AvgIpc) is 2.85. The minimum atomic E-state index is 0.414. The van der Waals surface area contributed by atoms with E-state index in [2.05, 4.69) is 5.10 Å². The normalized spacial score (nSPS) is 10.4. The van der Waals surface area contributed by atoms with E-state index in [9.17, 15) is 0 Å². The number of nitrogens with one attached hydrogen (secondary N) is 1. The van der Waals surface area contributed by atoms with Crippen LogP contribution in [0.1, 0.15) is 12.0 Å². The van der Waals surface area contributed by atoms with E-state index in [4.69, 9.17) is 10.5 Å². The molecule has 2 rings (SSSR count). The highest BCUT2D eigenvalue weighted by Gasteiger charge is 1.96. The van der Waals surface area contributed by atoms with Crippen LogP contribution in [0.4, 0.5) is 0 Å². The molecule has 1 aromatic carbocycles. The van der Waals surface area contributed by atoms with Crippen LogP contribution in [0.15, 0.2) is 42.7 Å². The molecule has 0 spiro atoms. The van der Waals surface area contributed by atoms with Gasteiger partial charge in [-0.25, -0.2) is 0 Å². The highest BCUT2D eigenvalue weighted by Crippen LogP contribution is 2.13. The second-order valence-electron chi connectivity index (χ2n) is 3.80. The fourth-order valence-electron chi connectivity index (χ4n) is 1.53. The molecule has 0 aliphatic carbocycles. The second-order valence-corrected chi connectivity index (χ2v) is 3.80. The Morgan fingerprint density at radius 3 is 2.71 bits per heavy atom. The molecule has 0 atom stereocenters. The molecule has 2 aromatic rings. The minimum Gasteiger partial charge on any atom is -0.677 e. The first kappa shape index (κ1) is 11.7. The zero-order chi connectivity index (χ0) is 11.9. The van der Waals surface area contributed by atoms with Crippen molar-refractivity contribution >= 4 is 0 Å². The molecule has 90 valence electrons. The summed E-state index contributed by atoms with van der Waals surface area (Å²) in [6.45, 7) is 1.80. The van der Waals surface area contributed by atoms with Crippen LogP contribution in [0, 0.1) is 0 Å². The molecular formula is C13H16N3O-. The average molecular weight is 230 g/mol. The topological polar surface area (TPSA) is 50.9 Å². The number of hydrogen-bond donors (Lipinski definition) is 0. The van der Waals surface area contributed by atoms with Crippen LogP contribution in [0.25, 0.3) is 5.73 Å². The van der Waals surface area contributed by atoms with Gasteiger partial charge in [0.15, 0.2) is 0 Å². The quantitative estimate of drug-likeness (QED) is 0.716. The van der Waals surface area contributed by atoms with Gasteiger partial charge in [-0.1, -0.05) is 12.1 Å². The highest BCUT2D eigenvalue weighted by molar-refractivity contribution is 5.27. The van der Waals surface area contributed by atoms with Crippen molar-refractivity contribution in [3.63, 3.8) is 0 Å². The van der Waals surface area contributed by atoms with Crippen molar-refractivity contribution in [2.75, 3.05) is 13.2 Å². The van der Waals surface area contributed by atoms with Crippen LogP contribution < -0.4 is 4.74 Å². The van der Waals surface area contributed by atoms with Crippen LogP contribution in [0.2, 0.25) is 0 Å². The maximum Gasteiger partial charge on any atom is 0.119 e. The van der Waals surface area contributed by atoms with Crippen molar-refractivity contribution in [3.05, 3.63) is 54.0 Å². The second kappa shape index (κ2) is 6.06. The van der Waals surface area contributed by atoms with Gasteiger partial charge in [-0.2, -0.15) is 5.10 Å². The summed E-state index contributed by atoms with van der Waals surface area (Å²) >= 11 is 0. The Bertz CT molecular complexity index is 422. The van der Waals surface area contributed by atoms with Crippen molar-refractivity contribution < 1.29 is 4.74 Å². The largest absolute Gasteiger partial charge is 0.677 e. The summed E-state index contributed by atoms with van der Waals surface area (Å²) in [5.41, 5.74) is 8.22. The standard InChI is InChI=1S/C13H16N3O/c14-7-1-10-17-13-5-3-12(4-6-13)11-16-9-2-8-15-16/h2-6,8-9,14H,1,7,10-11H2/q-1. The van der Waals surface area contributed by atoms with Gasteiger partial charge < -0.3 is 10.5 Å². The number of aromatic nitrogens is 2. The van der Waals surface area contributed by atoms with E-state index in [0.717, 1.165) is 18.7 Å². The molecule has 1 N–H and O–H groups in total. The van der Waals surface area contributed by atoms with E-state index in [0.29, 0.717) is 13.2 Å². The molecule has 1 heterocycles. The fourth-order valence-corrected chi connectivity index (χ4v) is 1.53. The Kier molecular flexibility index (Phi) is 4.16. The molecule has 0 aliphatic heterocycles. The summed E-state index contributed by atoms with van der Waals surface area (Å²) < 4.78 is 7.38. The zero-order valence-electron chi connectivity index (χ0n) is 9.67. The molecule has 0 unspecified atom stereocenters. The van der Waals surface area contributed by atoms with Gasteiger partial charge in [0.2, 0.25) is 0 Å². The molecule has 0 fully saturated rings. The lowest BCUT2D eigenvalue weighted by atomic mass is 10.2. The first-order valence-electron chi connectivity index (χ1n) is 5.72. The van der Waals surface area contributed by atoms with Crippen LogP contribution >= 0.6 is 0 Å². The van der Waals surface area contributed by atoms with E-state index in [1.165, 1.54) is 5.56 Å². The zero-order valence-corrected chi connectivity index (χ0v) is 9.67. The van der Waals surface area contributed by atoms with Crippen molar-refractivity contribution in [3.8, 4) is 5.75 Å². The van der Waals surface area contributed by atoms with Gasteiger partial charge in [0.05, 0.1) is 13.2 Å². The van der Waals surface area contributed by atoms with Crippen molar-refractivity contribution in [1.29, 1.82) is 0 Å². The summed E-state index contributed by atoms with van der Waals surface area (Å²) in [4.78, 5) is 0. The van der Waals surface area contributed by atoms with Crippen LogP contribution in [-0.4, -0.2) is 22.9 Å². The highest BCUT2D eigenvalue weighted by atomic mass is 16.5. The third-order valence-corrected chi connectivity index (χ3v) is 2.42. The first-order valence-corrected chi connectivity index (χ1v) is 5.72. The molecule has 17 heavy (non-hydrogen) atoms. The third-order valence-electron chi connectivity index (χ3n) is 2.42. The van der Waals surface area contributed by atoms with Gasteiger partial charge >= 0.3 is 0 Å². The van der Waals surface area contributed by atoms with Crippen LogP contribution in [0.5, 0.6) is 5.75 Å². The van der Waals surface area contributed by atoms with Crippen LogP contribution in [0.3, 0.4) is 0 Å². The maximum absolute atomic E-state index is 7.02. The number of benzene rings is 1. The summed E-state index contributed by atoms with van der Waals surface area (Å²) in [5, 5.41) is 4.16. The van der Waals surface area contributed by atoms with Crippen LogP contribution in [-0.2, 0) is 6.54 Å². The molecule has 0 amide bonds. The first-order chi connectivity index (χ1) is 8.38. The summed E-state index contributed by atoms with van der Waals surface area (Å²) in [7, 11) is 0. The van der Waals surface area contributed by atoms with E-state index < -0.39 is 0 Å². The molecule has 4 heteroatoms. The Hall–Kier alpha value is -1.81. The van der Waals surface area contributed by atoms with E-state index >= 15 is 0 Å². The molecule has 1 aromatic heterocycles. The van der Waals surface area contributed by atoms with E-state index in [1.54, 1.807) is 6.20 Å². The van der Waals surface area contributed by atoms with E-state index in [-0.39, 0.29) is 0 Å². The van der Waals surface area contributed by atoms with Gasteiger partial charge in [0.1, 0.15) is 5.75 Å². The molecule has 0 bridgehead atoms. The summed E-state index contributed by atoms with van der Waals surface area (Å²) in [6.07, 6.45) is 4.49. The monoisotopic (exact) mass is 230 g/mol. The molecule has 0 saturated carbocycles. The smallest absolute Gasteiger partial charge is 0.119 e. The predicted molar refractivity (Wildman–Crippen MR) is 67.1 cm³/mol. The molecule has 0 aliphatic rings. The Morgan fingerprint density at radius 1 is 1.24 bits per heavy atom. The lowest BCUT2D eigenvalue weighted by Crippen LogP contribution is -2.01. The number of hydrogen-bond acceptors (Lipinski definition) is 2. The summed E-state index contributed by atoms with van der Waals surface area (Å²) in [5.74, 6) is 0.864. The molecule has 0 saturated heterocycles. The maximum atomic E-state index is 7.02. The van der Waals surface area contributed by atoms with Gasteiger partial charge in [-0.3, -0.25) is 4.68 Å². The van der Waals surface area contributed by atoms with Gasteiger partial charge in [-0.05, 0) is 30.2 Å². The Labute approximate surface area is 101 Å². The minimum absolute atomic E-state index is 0.414. The SMILES string of the molecule is [NH-]CCCOc1ccc(Cn2cccn2)cc1. The van der Waals surface area contributed by atoms with E-state index in [1.807, 2.05) is 41.2 Å². The molecule has 4 nitrogen and oxygen atoms in total. The van der Waals surface area contributed by atoms with Gasteiger partial charge in [0, 0.05) is 12.4 Å². The van der Waals surface area contributed by atoms with Gasteiger partial charge in [0.25, 0.3) is 0 Å². The Morgan fingerprint density at radius 2 is 2.06 bits per heavy atom. The lowest BCUT2D eigenvalue weighted by molar-refractivity contribution is 0.316. The number of ether oxygens (including phenoxy) is 1. The van der Waals surface area contributed by atoms with Gasteiger partial charge in [-0.15, -0.1) is 6.54 Å². The van der Waals surface area contributed by atoms with Crippen molar-refractivity contribution in [2.24, 2.45) is 0 Å². The Balaban J connectivity index is 1.89. The lowest BCUT2D eigenvalue weighted by Gasteiger charge is -2.08. The summed E-state index contributed by atoms with van der Waals surface area (Å²) in [6, 6.07) is 9.92. The predicted octanol–water partition coefficient (Wildman–Crippen LogP) is 2.75. The molecule has 0 radical (unpaired) electrons. The van der Waals surface area contributed by atoms with Crippen molar-refractivity contribution in [1.82, 2.24) is 9.78 Å². The number of nitrogens with zero attached hydrogens (tertiary/aromatic N) is 2. The molecular weight excluding hydrogens is 214 g/mol. The number of rotatable bonds is 6. The fraction of sp³-hybridized carbons (Fsp3) is 0.308. The van der Waals surface area contributed by atoms with Crippen molar-refractivity contribution in [2.45, 2.75) is 13.0 Å².